The maximum atomic E-state index is 13.0. The molecule has 0 aliphatic carbocycles. The molecular weight excluding hydrogens is 324 g/mol. The molecule has 3 rings (SSSR count). The highest BCUT2D eigenvalue weighted by molar-refractivity contribution is 5.98. The van der Waals surface area contributed by atoms with E-state index in [0.717, 1.165) is 31.5 Å². The highest BCUT2D eigenvalue weighted by atomic mass is 16.2. The van der Waals surface area contributed by atoms with E-state index in [2.05, 4.69) is 0 Å². The molecule has 26 heavy (non-hydrogen) atoms. The standard InChI is InChI=1S/C22H26N2O2/c1-17(2)24(16-18-8-4-3-5-9-18)22(26)20-12-10-19(11-13-20)21(25)23-14-6-7-15-23/h3-5,8-13,17H,6-7,14-16H2,1-2H3. The molecule has 1 fully saturated rings. The molecule has 0 aromatic heterocycles. The van der Waals surface area contributed by atoms with Gasteiger partial charge in [0.15, 0.2) is 0 Å². The fourth-order valence-electron chi connectivity index (χ4n) is 3.29. The van der Waals surface area contributed by atoms with Crippen molar-refractivity contribution in [2.45, 2.75) is 39.3 Å². The minimum atomic E-state index is -0.0102. The Morgan fingerprint density at radius 3 is 2.08 bits per heavy atom. The molecule has 0 unspecified atom stereocenters. The first kappa shape index (κ1) is 18.2. The molecule has 0 bridgehead atoms. The van der Waals surface area contributed by atoms with Crippen LogP contribution in [0.3, 0.4) is 0 Å². The average molecular weight is 350 g/mol. The monoisotopic (exact) mass is 350 g/mol. The highest BCUT2D eigenvalue weighted by Crippen LogP contribution is 2.17. The van der Waals surface area contributed by atoms with Gasteiger partial charge in [-0.25, -0.2) is 0 Å². The van der Waals surface area contributed by atoms with Crippen LogP contribution in [0.5, 0.6) is 0 Å². The van der Waals surface area contributed by atoms with Crippen molar-refractivity contribution in [1.29, 1.82) is 0 Å². The Morgan fingerprint density at radius 2 is 1.50 bits per heavy atom. The van der Waals surface area contributed by atoms with Crippen molar-refractivity contribution in [3.63, 3.8) is 0 Å². The molecule has 4 nitrogen and oxygen atoms in total. The van der Waals surface area contributed by atoms with Crippen molar-refractivity contribution in [2.24, 2.45) is 0 Å². The molecule has 1 aliphatic rings. The van der Waals surface area contributed by atoms with Crippen molar-refractivity contribution in [2.75, 3.05) is 13.1 Å². The van der Waals surface area contributed by atoms with Gasteiger partial charge in [0.25, 0.3) is 11.8 Å². The predicted octanol–water partition coefficient (Wildman–Crippen LogP) is 3.97. The minimum Gasteiger partial charge on any atom is -0.339 e. The lowest BCUT2D eigenvalue weighted by Crippen LogP contribution is -2.36. The third-order valence-electron chi connectivity index (χ3n) is 4.85. The van der Waals surface area contributed by atoms with E-state index in [1.165, 1.54) is 0 Å². The van der Waals surface area contributed by atoms with E-state index in [0.29, 0.717) is 17.7 Å². The Balaban J connectivity index is 1.73. The van der Waals surface area contributed by atoms with Gasteiger partial charge >= 0.3 is 0 Å². The number of carbonyl (C=O) groups is 2. The lowest BCUT2D eigenvalue weighted by Gasteiger charge is -2.27. The van der Waals surface area contributed by atoms with Crippen LogP contribution in [0.25, 0.3) is 0 Å². The number of hydrogen-bond donors (Lipinski definition) is 0. The molecular formula is C22H26N2O2. The number of rotatable bonds is 5. The normalized spacial score (nSPS) is 13.9. The fourth-order valence-corrected chi connectivity index (χ4v) is 3.29. The zero-order valence-electron chi connectivity index (χ0n) is 15.5. The van der Waals surface area contributed by atoms with Crippen LogP contribution in [-0.2, 0) is 6.54 Å². The molecule has 0 saturated carbocycles. The number of nitrogens with zero attached hydrogens (tertiary/aromatic N) is 2. The number of amides is 2. The van der Waals surface area contributed by atoms with Crippen molar-refractivity contribution in [3.05, 3.63) is 71.3 Å². The SMILES string of the molecule is CC(C)N(Cc1ccccc1)C(=O)c1ccc(C(=O)N2CCCC2)cc1. The molecule has 0 N–H and O–H groups in total. The highest BCUT2D eigenvalue weighted by Gasteiger charge is 2.22. The summed E-state index contributed by atoms with van der Waals surface area (Å²) in [7, 11) is 0. The van der Waals surface area contributed by atoms with Gasteiger partial charge in [0.1, 0.15) is 0 Å². The average Bonchev–Trinajstić information content (AvgIpc) is 3.20. The summed E-state index contributed by atoms with van der Waals surface area (Å²) < 4.78 is 0. The zero-order chi connectivity index (χ0) is 18.5. The second kappa shape index (κ2) is 8.17. The molecule has 4 heteroatoms. The summed E-state index contributed by atoms with van der Waals surface area (Å²) in [5.74, 6) is 0.0514. The van der Waals surface area contributed by atoms with Gasteiger partial charge in [0.05, 0.1) is 0 Å². The summed E-state index contributed by atoms with van der Waals surface area (Å²) in [6.45, 7) is 6.28. The second-order valence-corrected chi connectivity index (χ2v) is 7.09. The van der Waals surface area contributed by atoms with Crippen molar-refractivity contribution >= 4 is 11.8 Å². The van der Waals surface area contributed by atoms with Crippen molar-refractivity contribution < 1.29 is 9.59 Å². The van der Waals surface area contributed by atoms with Gasteiger partial charge in [-0.15, -0.1) is 0 Å². The first-order valence-electron chi connectivity index (χ1n) is 9.30. The molecule has 2 aromatic rings. The van der Waals surface area contributed by atoms with Gasteiger partial charge in [0.2, 0.25) is 0 Å². The second-order valence-electron chi connectivity index (χ2n) is 7.09. The van der Waals surface area contributed by atoms with Crippen LogP contribution < -0.4 is 0 Å². The van der Waals surface area contributed by atoms with Crippen LogP contribution in [0.15, 0.2) is 54.6 Å². The lowest BCUT2D eigenvalue weighted by atomic mass is 10.1. The zero-order valence-corrected chi connectivity index (χ0v) is 15.5. The third-order valence-corrected chi connectivity index (χ3v) is 4.85. The Bertz CT molecular complexity index is 747. The van der Waals surface area contributed by atoms with Crippen LogP contribution in [0.4, 0.5) is 0 Å². The molecule has 1 saturated heterocycles. The summed E-state index contributed by atoms with van der Waals surface area (Å²) in [6, 6.07) is 17.2. The van der Waals surface area contributed by atoms with E-state index in [1.807, 2.05) is 54.0 Å². The Labute approximate surface area is 155 Å². The topological polar surface area (TPSA) is 40.6 Å². The Morgan fingerprint density at radius 1 is 0.923 bits per heavy atom. The summed E-state index contributed by atoms with van der Waals surface area (Å²) in [5.41, 5.74) is 2.38. The van der Waals surface area contributed by atoms with Crippen LogP contribution >= 0.6 is 0 Å². The van der Waals surface area contributed by atoms with Gasteiger partial charge in [-0.05, 0) is 56.5 Å². The lowest BCUT2D eigenvalue weighted by molar-refractivity contribution is 0.0689. The summed E-state index contributed by atoms with van der Waals surface area (Å²) in [5, 5.41) is 0. The van der Waals surface area contributed by atoms with Gasteiger partial charge in [-0.1, -0.05) is 30.3 Å². The molecule has 136 valence electrons. The van der Waals surface area contributed by atoms with E-state index < -0.39 is 0 Å². The van der Waals surface area contributed by atoms with Crippen molar-refractivity contribution in [1.82, 2.24) is 9.80 Å². The molecule has 0 spiro atoms. The smallest absolute Gasteiger partial charge is 0.254 e. The largest absolute Gasteiger partial charge is 0.339 e. The first-order chi connectivity index (χ1) is 12.6. The molecule has 0 atom stereocenters. The predicted molar refractivity (Wildman–Crippen MR) is 103 cm³/mol. The third kappa shape index (κ3) is 4.13. The van der Waals surface area contributed by atoms with E-state index in [-0.39, 0.29) is 17.9 Å². The maximum Gasteiger partial charge on any atom is 0.254 e. The minimum absolute atomic E-state index is 0.0102. The van der Waals surface area contributed by atoms with Gasteiger partial charge in [0, 0.05) is 36.8 Å². The molecule has 1 heterocycles. The number of hydrogen-bond acceptors (Lipinski definition) is 2. The fraction of sp³-hybridized carbons (Fsp3) is 0.364. The van der Waals surface area contributed by atoms with Crippen LogP contribution in [0.1, 0.15) is 53.0 Å². The van der Waals surface area contributed by atoms with Crippen molar-refractivity contribution in [3.8, 4) is 0 Å². The molecule has 2 aromatic carbocycles. The quantitative estimate of drug-likeness (QED) is 0.818. The maximum absolute atomic E-state index is 13.0. The number of benzene rings is 2. The van der Waals surface area contributed by atoms with E-state index >= 15 is 0 Å². The Hall–Kier alpha value is -2.62. The Kier molecular flexibility index (Phi) is 5.71. The molecule has 0 radical (unpaired) electrons. The summed E-state index contributed by atoms with van der Waals surface area (Å²) in [6.07, 6.45) is 2.15. The van der Waals surface area contributed by atoms with E-state index in [9.17, 15) is 9.59 Å². The molecule has 2 amide bonds. The molecule has 1 aliphatic heterocycles. The number of carbonyl (C=O) groups excluding carboxylic acids is 2. The van der Waals surface area contributed by atoms with Gasteiger partial charge in [-0.2, -0.15) is 0 Å². The van der Waals surface area contributed by atoms with E-state index in [1.54, 1.807) is 24.3 Å². The van der Waals surface area contributed by atoms with E-state index in [4.69, 9.17) is 0 Å². The number of likely N-dealkylation sites (tertiary alicyclic amines) is 1. The van der Waals surface area contributed by atoms with Gasteiger partial charge in [-0.3, -0.25) is 9.59 Å². The van der Waals surface area contributed by atoms with Crippen LogP contribution in [0, 0.1) is 0 Å². The summed E-state index contributed by atoms with van der Waals surface area (Å²) >= 11 is 0. The van der Waals surface area contributed by atoms with Crippen LogP contribution in [-0.4, -0.2) is 40.7 Å². The summed E-state index contributed by atoms with van der Waals surface area (Å²) in [4.78, 5) is 29.1. The van der Waals surface area contributed by atoms with Crippen LogP contribution in [0.2, 0.25) is 0 Å². The van der Waals surface area contributed by atoms with Gasteiger partial charge < -0.3 is 9.80 Å². The first-order valence-corrected chi connectivity index (χ1v) is 9.30.